The van der Waals surface area contributed by atoms with Gasteiger partial charge in [-0.25, -0.2) is 9.97 Å². The molecule has 0 fully saturated rings. The summed E-state index contributed by atoms with van der Waals surface area (Å²) >= 11 is 3.53. The van der Waals surface area contributed by atoms with Crippen molar-refractivity contribution in [1.29, 1.82) is 0 Å². The van der Waals surface area contributed by atoms with Gasteiger partial charge in [0.25, 0.3) is 0 Å². The molecule has 0 unspecified atom stereocenters. The van der Waals surface area contributed by atoms with Gasteiger partial charge in [-0.05, 0) is 24.3 Å². The maximum Gasteiger partial charge on any atom is 0.101 e. The summed E-state index contributed by atoms with van der Waals surface area (Å²) in [7, 11) is 0. The van der Waals surface area contributed by atoms with Crippen molar-refractivity contribution in [3.8, 4) is 19.8 Å². The first kappa shape index (κ1) is 11.6. The molecule has 4 rings (SSSR count). The molecule has 6 heteroatoms. The number of rotatable bonds is 3. The molecule has 20 heavy (non-hydrogen) atoms. The molecule has 4 aromatic rings. The smallest absolute Gasteiger partial charge is 0.101 e. The van der Waals surface area contributed by atoms with Crippen LogP contribution in [0.3, 0.4) is 0 Å². The molecule has 0 aliphatic heterocycles. The second-order valence-electron chi connectivity index (χ2n) is 4.22. The van der Waals surface area contributed by atoms with E-state index in [1.54, 1.807) is 35.1 Å². The third-order valence-corrected chi connectivity index (χ3v) is 5.34. The molecule has 0 bridgehead atoms. The average Bonchev–Trinajstić information content (AvgIpc) is 3.22. The zero-order valence-electron chi connectivity index (χ0n) is 10.4. The number of aromatic nitrogens is 4. The van der Waals surface area contributed by atoms with Crippen molar-refractivity contribution in [3.05, 3.63) is 61.7 Å². The molecule has 0 spiro atoms. The van der Waals surface area contributed by atoms with E-state index in [1.807, 2.05) is 34.2 Å². The van der Waals surface area contributed by atoms with Crippen LogP contribution in [-0.2, 0) is 0 Å². The van der Waals surface area contributed by atoms with Crippen molar-refractivity contribution in [3.63, 3.8) is 0 Å². The van der Waals surface area contributed by atoms with E-state index in [9.17, 15) is 0 Å². The van der Waals surface area contributed by atoms with Crippen molar-refractivity contribution in [2.75, 3.05) is 0 Å². The number of hydrogen-bond acceptors (Lipinski definition) is 4. The summed E-state index contributed by atoms with van der Waals surface area (Å²) in [6.07, 6.45) is 11.1. The minimum atomic E-state index is 1.18. The fraction of sp³-hybridized carbons (Fsp3) is 0. The summed E-state index contributed by atoms with van der Waals surface area (Å²) in [5.41, 5.74) is 0. The topological polar surface area (TPSA) is 35.6 Å². The van der Waals surface area contributed by atoms with Crippen molar-refractivity contribution in [2.45, 2.75) is 0 Å². The van der Waals surface area contributed by atoms with Crippen LogP contribution in [0.1, 0.15) is 0 Å². The molecule has 4 aromatic heterocycles. The lowest BCUT2D eigenvalue weighted by atomic mass is 10.4. The largest absolute Gasteiger partial charge is 0.298 e. The summed E-state index contributed by atoms with van der Waals surface area (Å²) in [6, 6.07) is 8.56. The van der Waals surface area contributed by atoms with E-state index < -0.39 is 0 Å². The highest BCUT2D eigenvalue weighted by molar-refractivity contribution is 7.24. The maximum absolute atomic E-state index is 4.08. The maximum atomic E-state index is 4.08. The minimum absolute atomic E-state index is 1.18. The second kappa shape index (κ2) is 4.73. The Hall–Kier alpha value is -2.18. The third-order valence-electron chi connectivity index (χ3n) is 2.94. The molecule has 4 heterocycles. The van der Waals surface area contributed by atoms with Gasteiger partial charge in [0.05, 0.1) is 12.7 Å². The van der Waals surface area contributed by atoms with Crippen LogP contribution in [0.2, 0.25) is 0 Å². The van der Waals surface area contributed by atoms with Crippen LogP contribution in [0.5, 0.6) is 0 Å². The molecule has 0 radical (unpaired) electrons. The highest BCUT2D eigenvalue weighted by atomic mass is 32.1. The van der Waals surface area contributed by atoms with Crippen LogP contribution in [0.15, 0.2) is 61.7 Å². The van der Waals surface area contributed by atoms with E-state index in [0.29, 0.717) is 0 Å². The lowest BCUT2D eigenvalue weighted by Gasteiger charge is -1.95. The molecule has 0 aromatic carbocycles. The fourth-order valence-electron chi connectivity index (χ4n) is 1.98. The van der Waals surface area contributed by atoms with Gasteiger partial charge in [-0.1, -0.05) is 0 Å². The minimum Gasteiger partial charge on any atom is -0.298 e. The standard InChI is InChI=1S/C14H10N4S2/c1-3-13(17-7-5-15-9-17)19-11(1)12-2-4-14(20-12)18-8-6-16-10-18/h1-10H. The molecule has 0 amide bonds. The Bertz CT molecular complexity index is 739. The van der Waals surface area contributed by atoms with Crippen LogP contribution in [0.4, 0.5) is 0 Å². The van der Waals surface area contributed by atoms with E-state index >= 15 is 0 Å². The van der Waals surface area contributed by atoms with Crippen molar-refractivity contribution in [1.82, 2.24) is 19.1 Å². The average molecular weight is 298 g/mol. The third kappa shape index (κ3) is 1.99. The Labute approximate surface area is 123 Å². The summed E-state index contributed by atoms with van der Waals surface area (Å²) in [4.78, 5) is 10.7. The van der Waals surface area contributed by atoms with Crippen LogP contribution in [0.25, 0.3) is 19.8 Å². The Balaban J connectivity index is 1.68. The van der Waals surface area contributed by atoms with Gasteiger partial charge in [-0.3, -0.25) is 9.13 Å². The molecule has 0 N–H and O–H groups in total. The summed E-state index contributed by atoms with van der Waals surface area (Å²) in [5, 5.41) is 2.35. The van der Waals surface area contributed by atoms with Crippen molar-refractivity contribution < 1.29 is 0 Å². The highest BCUT2D eigenvalue weighted by Gasteiger charge is 2.08. The zero-order valence-corrected chi connectivity index (χ0v) is 12.0. The lowest BCUT2D eigenvalue weighted by Crippen LogP contribution is -1.82. The molecular weight excluding hydrogens is 288 g/mol. The monoisotopic (exact) mass is 298 g/mol. The zero-order chi connectivity index (χ0) is 13.4. The van der Waals surface area contributed by atoms with E-state index in [4.69, 9.17) is 0 Å². The van der Waals surface area contributed by atoms with E-state index in [0.717, 1.165) is 0 Å². The summed E-state index contributed by atoms with van der Waals surface area (Å²) < 4.78 is 4.05. The molecule has 0 saturated carbocycles. The van der Waals surface area contributed by atoms with Gasteiger partial charge in [0.1, 0.15) is 10.0 Å². The normalized spacial score (nSPS) is 11.0. The van der Waals surface area contributed by atoms with Gasteiger partial charge in [0, 0.05) is 34.5 Å². The van der Waals surface area contributed by atoms with Crippen molar-refractivity contribution >= 4 is 22.7 Å². The molecule has 0 aliphatic carbocycles. The fourth-order valence-corrected chi connectivity index (χ4v) is 3.99. The molecular formula is C14H10N4S2. The predicted octanol–water partition coefficient (Wildman–Crippen LogP) is 3.85. The second-order valence-corrected chi connectivity index (χ2v) is 6.34. The predicted molar refractivity (Wildman–Crippen MR) is 81.9 cm³/mol. The summed E-state index contributed by atoms with van der Waals surface area (Å²) in [6.45, 7) is 0. The molecule has 0 saturated heterocycles. The molecule has 98 valence electrons. The number of thiophene rings is 2. The number of nitrogens with zero attached hydrogens (tertiary/aromatic N) is 4. The van der Waals surface area contributed by atoms with E-state index in [-0.39, 0.29) is 0 Å². The highest BCUT2D eigenvalue weighted by Crippen LogP contribution is 2.36. The Kier molecular flexibility index (Phi) is 2.75. The van der Waals surface area contributed by atoms with Crippen molar-refractivity contribution in [2.24, 2.45) is 0 Å². The quantitative estimate of drug-likeness (QED) is 0.576. The first-order chi connectivity index (χ1) is 9.90. The molecule has 0 atom stereocenters. The molecule has 4 nitrogen and oxygen atoms in total. The first-order valence-electron chi connectivity index (χ1n) is 6.07. The first-order valence-corrected chi connectivity index (χ1v) is 7.70. The van der Waals surface area contributed by atoms with E-state index in [2.05, 4.69) is 34.2 Å². The SMILES string of the molecule is c1cn(-c2ccc(-c3ccc(-n4ccnc4)s3)s2)cn1. The molecule has 0 aliphatic rings. The van der Waals surface area contributed by atoms with E-state index in [1.165, 1.54) is 19.8 Å². The van der Waals surface area contributed by atoms with Gasteiger partial charge in [-0.2, -0.15) is 0 Å². The number of hydrogen-bond donors (Lipinski definition) is 0. The van der Waals surface area contributed by atoms with Crippen LogP contribution in [-0.4, -0.2) is 19.1 Å². The Morgan fingerprint density at radius 3 is 1.60 bits per heavy atom. The van der Waals surface area contributed by atoms with Gasteiger partial charge >= 0.3 is 0 Å². The van der Waals surface area contributed by atoms with Gasteiger partial charge in [0.15, 0.2) is 0 Å². The van der Waals surface area contributed by atoms with Gasteiger partial charge < -0.3 is 0 Å². The lowest BCUT2D eigenvalue weighted by molar-refractivity contribution is 1.09. The number of imidazole rings is 2. The van der Waals surface area contributed by atoms with Gasteiger partial charge in [0.2, 0.25) is 0 Å². The van der Waals surface area contributed by atoms with Crippen LogP contribution < -0.4 is 0 Å². The van der Waals surface area contributed by atoms with Crippen LogP contribution >= 0.6 is 22.7 Å². The Morgan fingerprint density at radius 2 is 1.20 bits per heavy atom. The van der Waals surface area contributed by atoms with Crippen LogP contribution in [0, 0.1) is 0 Å². The summed E-state index contributed by atoms with van der Waals surface area (Å²) in [5.74, 6) is 0. The van der Waals surface area contributed by atoms with Gasteiger partial charge in [-0.15, -0.1) is 22.7 Å². The Morgan fingerprint density at radius 1 is 0.700 bits per heavy atom.